The largest absolute Gasteiger partial charge is 0.490 e. The number of hydrogen-bond acceptors (Lipinski definition) is 7. The third-order valence-electron chi connectivity index (χ3n) is 3.72. The van der Waals surface area contributed by atoms with Gasteiger partial charge >= 0.3 is 0 Å². The molecule has 0 fully saturated rings. The predicted molar refractivity (Wildman–Crippen MR) is 104 cm³/mol. The number of anilines is 1. The summed E-state index contributed by atoms with van der Waals surface area (Å²) in [6.45, 7) is 8.47. The molecular formula is C19H21N3O4S. The smallest absolute Gasteiger partial charge is 0.255 e. The zero-order chi connectivity index (χ0) is 19.4. The summed E-state index contributed by atoms with van der Waals surface area (Å²) in [5, 5.41) is 6.85. The first kappa shape index (κ1) is 18.9. The average Bonchev–Trinajstić information content (AvgIpc) is 3.23. The number of benzene rings is 1. The summed E-state index contributed by atoms with van der Waals surface area (Å²) in [4.78, 5) is 18.7. The maximum absolute atomic E-state index is 12.7. The second-order valence-electron chi connectivity index (χ2n) is 5.70. The highest BCUT2D eigenvalue weighted by Crippen LogP contribution is 2.33. The molecule has 8 heteroatoms. The van der Waals surface area contributed by atoms with Crippen LogP contribution in [0, 0.1) is 13.8 Å². The average molecular weight is 387 g/mol. The fraction of sp³-hybridized carbons (Fsp3) is 0.316. The SMILES string of the molecule is CCOc1ccc(C(=O)Nc2cc(-c3noc(C)n3)sc2C)cc1OCC. The predicted octanol–water partition coefficient (Wildman–Crippen LogP) is 4.46. The fourth-order valence-corrected chi connectivity index (χ4v) is 3.40. The Kier molecular flexibility index (Phi) is 5.75. The van der Waals surface area contributed by atoms with E-state index in [1.54, 1.807) is 25.1 Å². The maximum atomic E-state index is 12.7. The van der Waals surface area contributed by atoms with Crippen LogP contribution in [0.15, 0.2) is 28.8 Å². The highest BCUT2D eigenvalue weighted by molar-refractivity contribution is 7.16. The Balaban J connectivity index is 1.81. The number of carbonyl (C=O) groups excluding carboxylic acids is 1. The Labute approximate surface area is 161 Å². The summed E-state index contributed by atoms with van der Waals surface area (Å²) in [5.74, 6) is 1.96. The summed E-state index contributed by atoms with van der Waals surface area (Å²) < 4.78 is 16.1. The second kappa shape index (κ2) is 8.22. The number of rotatable bonds is 7. The molecule has 142 valence electrons. The van der Waals surface area contributed by atoms with E-state index in [0.29, 0.717) is 47.7 Å². The number of nitrogens with one attached hydrogen (secondary N) is 1. The van der Waals surface area contributed by atoms with E-state index in [-0.39, 0.29) is 5.91 Å². The molecule has 0 unspecified atom stereocenters. The van der Waals surface area contributed by atoms with Gasteiger partial charge in [0.05, 0.1) is 23.8 Å². The first-order valence-corrected chi connectivity index (χ1v) is 9.45. The monoisotopic (exact) mass is 387 g/mol. The minimum Gasteiger partial charge on any atom is -0.490 e. The topological polar surface area (TPSA) is 86.5 Å². The molecule has 27 heavy (non-hydrogen) atoms. The molecule has 0 bridgehead atoms. The minimum absolute atomic E-state index is 0.226. The summed E-state index contributed by atoms with van der Waals surface area (Å²) >= 11 is 1.49. The van der Waals surface area contributed by atoms with Gasteiger partial charge in [-0.2, -0.15) is 4.98 Å². The zero-order valence-electron chi connectivity index (χ0n) is 15.7. The lowest BCUT2D eigenvalue weighted by Crippen LogP contribution is -2.12. The van der Waals surface area contributed by atoms with Crippen LogP contribution in [0.25, 0.3) is 10.7 Å². The van der Waals surface area contributed by atoms with Crippen LogP contribution in [0.2, 0.25) is 0 Å². The third kappa shape index (κ3) is 4.28. The van der Waals surface area contributed by atoms with Gasteiger partial charge in [0.25, 0.3) is 5.91 Å². The van der Waals surface area contributed by atoms with Crippen LogP contribution >= 0.6 is 11.3 Å². The Morgan fingerprint density at radius 3 is 2.56 bits per heavy atom. The second-order valence-corrected chi connectivity index (χ2v) is 6.96. The first-order chi connectivity index (χ1) is 13.0. The highest BCUT2D eigenvalue weighted by atomic mass is 32.1. The molecule has 0 saturated carbocycles. The Hall–Kier alpha value is -2.87. The van der Waals surface area contributed by atoms with Crippen molar-refractivity contribution < 1.29 is 18.8 Å². The number of hydrogen-bond donors (Lipinski definition) is 1. The number of aryl methyl sites for hydroxylation is 2. The third-order valence-corrected chi connectivity index (χ3v) is 4.77. The first-order valence-electron chi connectivity index (χ1n) is 8.64. The van der Waals surface area contributed by atoms with Gasteiger partial charge in [0.15, 0.2) is 11.5 Å². The van der Waals surface area contributed by atoms with Crippen LogP contribution in [-0.4, -0.2) is 29.3 Å². The lowest BCUT2D eigenvalue weighted by molar-refractivity contribution is 0.102. The van der Waals surface area contributed by atoms with Gasteiger partial charge < -0.3 is 19.3 Å². The van der Waals surface area contributed by atoms with Crippen molar-refractivity contribution in [1.82, 2.24) is 10.1 Å². The lowest BCUT2D eigenvalue weighted by atomic mass is 10.2. The van der Waals surface area contributed by atoms with E-state index in [9.17, 15) is 4.79 Å². The van der Waals surface area contributed by atoms with Gasteiger partial charge in [-0.3, -0.25) is 4.79 Å². The normalized spacial score (nSPS) is 10.7. The van der Waals surface area contributed by atoms with Crippen molar-refractivity contribution in [3.8, 4) is 22.2 Å². The van der Waals surface area contributed by atoms with Gasteiger partial charge in [-0.15, -0.1) is 11.3 Å². The Morgan fingerprint density at radius 1 is 1.15 bits per heavy atom. The molecule has 0 aliphatic carbocycles. The maximum Gasteiger partial charge on any atom is 0.255 e. The van der Waals surface area contributed by atoms with Crippen molar-refractivity contribution in [3.63, 3.8) is 0 Å². The number of ether oxygens (including phenoxy) is 2. The van der Waals surface area contributed by atoms with Crippen LogP contribution < -0.4 is 14.8 Å². The van der Waals surface area contributed by atoms with Crippen molar-refractivity contribution in [2.75, 3.05) is 18.5 Å². The molecule has 2 aromatic heterocycles. The summed E-state index contributed by atoms with van der Waals surface area (Å²) in [6.07, 6.45) is 0. The number of carbonyl (C=O) groups is 1. The van der Waals surface area contributed by atoms with E-state index >= 15 is 0 Å². The van der Waals surface area contributed by atoms with Crippen LogP contribution in [0.5, 0.6) is 11.5 Å². The van der Waals surface area contributed by atoms with Crippen molar-refractivity contribution >= 4 is 22.9 Å². The molecule has 1 aromatic carbocycles. The van der Waals surface area contributed by atoms with Gasteiger partial charge in [0.2, 0.25) is 11.7 Å². The molecule has 3 aromatic rings. The molecule has 0 saturated heterocycles. The standard InChI is InChI=1S/C19H21N3O4S/c1-5-24-15-8-7-13(9-16(15)25-6-2)19(23)21-14-10-17(27-11(14)3)18-20-12(4)26-22-18/h7-10H,5-6H2,1-4H3,(H,21,23). The summed E-state index contributed by atoms with van der Waals surface area (Å²) in [6, 6.07) is 7.00. The van der Waals surface area contributed by atoms with Crippen molar-refractivity contribution in [2.45, 2.75) is 27.7 Å². The molecular weight excluding hydrogens is 366 g/mol. The van der Waals surface area contributed by atoms with Crippen LogP contribution in [0.3, 0.4) is 0 Å². The minimum atomic E-state index is -0.226. The number of thiophene rings is 1. The Morgan fingerprint density at radius 2 is 1.89 bits per heavy atom. The van der Waals surface area contributed by atoms with Crippen LogP contribution in [-0.2, 0) is 0 Å². The molecule has 3 rings (SSSR count). The summed E-state index contributed by atoms with van der Waals surface area (Å²) in [5.41, 5.74) is 1.21. The molecule has 0 atom stereocenters. The molecule has 7 nitrogen and oxygen atoms in total. The van der Waals surface area contributed by atoms with Crippen molar-refractivity contribution in [2.24, 2.45) is 0 Å². The van der Waals surface area contributed by atoms with Gasteiger partial charge in [0, 0.05) is 17.4 Å². The summed E-state index contributed by atoms with van der Waals surface area (Å²) in [7, 11) is 0. The van der Waals surface area contributed by atoms with Crippen molar-refractivity contribution in [1.29, 1.82) is 0 Å². The molecule has 0 aliphatic rings. The molecule has 0 aliphatic heterocycles. The fourth-order valence-electron chi connectivity index (χ4n) is 2.50. The molecule has 2 heterocycles. The van der Waals surface area contributed by atoms with E-state index in [1.807, 2.05) is 26.8 Å². The van der Waals surface area contributed by atoms with Gasteiger partial charge in [-0.05, 0) is 45.0 Å². The van der Waals surface area contributed by atoms with Crippen LogP contribution in [0.4, 0.5) is 5.69 Å². The van der Waals surface area contributed by atoms with Crippen LogP contribution in [0.1, 0.15) is 35.0 Å². The quantitative estimate of drug-likeness (QED) is 0.644. The van der Waals surface area contributed by atoms with Crippen molar-refractivity contribution in [3.05, 3.63) is 40.6 Å². The Bertz CT molecular complexity index is 948. The highest BCUT2D eigenvalue weighted by Gasteiger charge is 2.16. The van der Waals surface area contributed by atoms with E-state index in [2.05, 4.69) is 15.5 Å². The van der Waals surface area contributed by atoms with E-state index in [0.717, 1.165) is 9.75 Å². The molecule has 1 N–H and O–H groups in total. The molecule has 1 amide bonds. The molecule has 0 spiro atoms. The lowest BCUT2D eigenvalue weighted by Gasteiger charge is -2.12. The number of nitrogens with zero attached hydrogens (tertiary/aromatic N) is 2. The van der Waals surface area contributed by atoms with E-state index in [1.165, 1.54) is 11.3 Å². The van der Waals surface area contributed by atoms with Gasteiger partial charge in [-0.1, -0.05) is 5.16 Å². The molecule has 0 radical (unpaired) electrons. The van der Waals surface area contributed by atoms with Gasteiger partial charge in [0.1, 0.15) is 0 Å². The van der Waals surface area contributed by atoms with E-state index < -0.39 is 0 Å². The van der Waals surface area contributed by atoms with E-state index in [4.69, 9.17) is 14.0 Å². The zero-order valence-corrected chi connectivity index (χ0v) is 16.5. The number of aromatic nitrogens is 2. The van der Waals surface area contributed by atoms with Gasteiger partial charge in [-0.25, -0.2) is 0 Å². The number of amides is 1.